The minimum Gasteiger partial charge on any atom is -0.406 e. The smallest absolute Gasteiger partial charge is 0.406 e. The molecule has 1 aromatic rings. The molecule has 112 valence electrons. The average molecular weight is 290 g/mol. The molecule has 1 rings (SSSR count). The van der Waals surface area contributed by atoms with E-state index in [1.54, 1.807) is 13.0 Å². The SMILES string of the molecule is CC(C)NC(=O)C(C)Nc1cccc(OC(F)(F)F)c1. The summed E-state index contributed by atoms with van der Waals surface area (Å²) in [5.74, 6) is -0.568. The molecule has 4 nitrogen and oxygen atoms in total. The van der Waals surface area contributed by atoms with Gasteiger partial charge in [-0.25, -0.2) is 0 Å². The van der Waals surface area contributed by atoms with Crippen LogP contribution >= 0.6 is 0 Å². The molecule has 7 heteroatoms. The number of halogens is 3. The molecule has 0 saturated heterocycles. The van der Waals surface area contributed by atoms with Gasteiger partial charge in [0.25, 0.3) is 0 Å². The maximum absolute atomic E-state index is 12.1. The van der Waals surface area contributed by atoms with Crippen molar-refractivity contribution in [1.82, 2.24) is 5.32 Å². The van der Waals surface area contributed by atoms with E-state index in [2.05, 4.69) is 15.4 Å². The number of rotatable bonds is 5. The molecular formula is C13H17F3N2O2. The Labute approximate surface area is 115 Å². The molecule has 0 bridgehead atoms. The maximum Gasteiger partial charge on any atom is 0.573 e. The van der Waals surface area contributed by atoms with Gasteiger partial charge in [0.15, 0.2) is 0 Å². The van der Waals surface area contributed by atoms with Crippen LogP contribution in [0.5, 0.6) is 5.75 Å². The molecule has 20 heavy (non-hydrogen) atoms. The van der Waals surface area contributed by atoms with Crippen LogP contribution in [0, 0.1) is 0 Å². The molecule has 0 fully saturated rings. The number of anilines is 1. The van der Waals surface area contributed by atoms with E-state index < -0.39 is 12.4 Å². The third-order valence-corrected chi connectivity index (χ3v) is 2.28. The normalized spacial score (nSPS) is 12.9. The van der Waals surface area contributed by atoms with Crippen LogP contribution in [-0.2, 0) is 4.79 Å². The van der Waals surface area contributed by atoms with E-state index in [0.717, 1.165) is 0 Å². The summed E-state index contributed by atoms with van der Waals surface area (Å²) >= 11 is 0. The molecule has 1 unspecified atom stereocenters. The van der Waals surface area contributed by atoms with Crippen LogP contribution in [0.2, 0.25) is 0 Å². The Morgan fingerprint density at radius 3 is 2.45 bits per heavy atom. The lowest BCUT2D eigenvalue weighted by Crippen LogP contribution is -2.40. The van der Waals surface area contributed by atoms with Crippen molar-refractivity contribution in [2.45, 2.75) is 39.2 Å². The highest BCUT2D eigenvalue weighted by atomic mass is 19.4. The number of carbonyl (C=O) groups excluding carboxylic acids is 1. The Morgan fingerprint density at radius 1 is 1.25 bits per heavy atom. The Bertz CT molecular complexity index is 461. The van der Waals surface area contributed by atoms with Crippen molar-refractivity contribution in [3.05, 3.63) is 24.3 Å². The molecule has 0 spiro atoms. The summed E-state index contributed by atoms with van der Waals surface area (Å²) in [6, 6.07) is 4.77. The summed E-state index contributed by atoms with van der Waals surface area (Å²) in [5, 5.41) is 5.52. The van der Waals surface area contributed by atoms with Gasteiger partial charge in [0.1, 0.15) is 11.8 Å². The van der Waals surface area contributed by atoms with Crippen LogP contribution in [-0.4, -0.2) is 24.4 Å². The van der Waals surface area contributed by atoms with Crippen LogP contribution in [0.4, 0.5) is 18.9 Å². The van der Waals surface area contributed by atoms with E-state index in [9.17, 15) is 18.0 Å². The number of hydrogen-bond acceptors (Lipinski definition) is 3. The fraction of sp³-hybridized carbons (Fsp3) is 0.462. The Kier molecular flexibility index (Phi) is 5.24. The second kappa shape index (κ2) is 6.49. The molecule has 0 aliphatic rings. The molecule has 0 aromatic heterocycles. The van der Waals surface area contributed by atoms with Crippen molar-refractivity contribution in [2.75, 3.05) is 5.32 Å². The predicted molar refractivity (Wildman–Crippen MR) is 69.5 cm³/mol. The summed E-state index contributed by atoms with van der Waals surface area (Å²) in [6.45, 7) is 5.26. The summed E-state index contributed by atoms with van der Waals surface area (Å²) in [6.07, 6.45) is -4.74. The van der Waals surface area contributed by atoms with Gasteiger partial charge >= 0.3 is 6.36 Å². The molecule has 2 N–H and O–H groups in total. The first-order valence-electron chi connectivity index (χ1n) is 6.10. The lowest BCUT2D eigenvalue weighted by molar-refractivity contribution is -0.274. The van der Waals surface area contributed by atoms with Crippen LogP contribution in [0.25, 0.3) is 0 Å². The van der Waals surface area contributed by atoms with Gasteiger partial charge in [-0.15, -0.1) is 13.2 Å². The zero-order valence-electron chi connectivity index (χ0n) is 11.4. The third kappa shape index (κ3) is 5.81. The predicted octanol–water partition coefficient (Wildman–Crippen LogP) is 2.91. The third-order valence-electron chi connectivity index (χ3n) is 2.28. The van der Waals surface area contributed by atoms with Gasteiger partial charge in [0.05, 0.1) is 0 Å². The fourth-order valence-corrected chi connectivity index (χ4v) is 1.51. The molecule has 0 saturated carbocycles. The van der Waals surface area contributed by atoms with Gasteiger partial charge in [-0.1, -0.05) is 6.07 Å². The number of hydrogen-bond donors (Lipinski definition) is 2. The molecule has 1 amide bonds. The monoisotopic (exact) mass is 290 g/mol. The van der Waals surface area contributed by atoms with Gasteiger partial charge in [-0.05, 0) is 32.9 Å². The lowest BCUT2D eigenvalue weighted by atomic mass is 10.2. The Balaban J connectivity index is 2.68. The summed E-state index contributed by atoms with van der Waals surface area (Å²) < 4.78 is 40.1. The Morgan fingerprint density at radius 2 is 1.90 bits per heavy atom. The van der Waals surface area contributed by atoms with Crippen LogP contribution in [0.3, 0.4) is 0 Å². The van der Waals surface area contributed by atoms with Crippen LogP contribution < -0.4 is 15.4 Å². The van der Waals surface area contributed by atoms with Gasteiger partial charge in [0, 0.05) is 17.8 Å². The first-order chi connectivity index (χ1) is 9.17. The van der Waals surface area contributed by atoms with Crippen molar-refractivity contribution in [2.24, 2.45) is 0 Å². The van der Waals surface area contributed by atoms with Gasteiger partial charge < -0.3 is 15.4 Å². The van der Waals surface area contributed by atoms with Gasteiger partial charge in [-0.2, -0.15) is 0 Å². The topological polar surface area (TPSA) is 50.4 Å². The van der Waals surface area contributed by atoms with E-state index in [1.165, 1.54) is 18.2 Å². The Hall–Kier alpha value is -1.92. The van der Waals surface area contributed by atoms with E-state index in [0.29, 0.717) is 5.69 Å². The lowest BCUT2D eigenvalue weighted by Gasteiger charge is -2.17. The molecular weight excluding hydrogens is 273 g/mol. The largest absolute Gasteiger partial charge is 0.573 e. The van der Waals surface area contributed by atoms with E-state index in [4.69, 9.17) is 0 Å². The molecule has 1 atom stereocenters. The summed E-state index contributed by atoms with van der Waals surface area (Å²) in [5.41, 5.74) is 0.373. The van der Waals surface area contributed by atoms with E-state index >= 15 is 0 Å². The quantitative estimate of drug-likeness (QED) is 0.876. The summed E-state index contributed by atoms with van der Waals surface area (Å²) in [4.78, 5) is 11.7. The minimum atomic E-state index is -4.74. The van der Waals surface area contributed by atoms with E-state index in [1.807, 2.05) is 13.8 Å². The minimum absolute atomic E-state index is 0.00773. The molecule has 0 heterocycles. The number of alkyl halides is 3. The number of nitrogens with one attached hydrogen (secondary N) is 2. The second-order valence-electron chi connectivity index (χ2n) is 4.60. The zero-order chi connectivity index (χ0) is 15.3. The highest BCUT2D eigenvalue weighted by Crippen LogP contribution is 2.25. The molecule has 1 aromatic carbocycles. The van der Waals surface area contributed by atoms with Crippen molar-refractivity contribution < 1.29 is 22.7 Å². The highest BCUT2D eigenvalue weighted by Gasteiger charge is 2.31. The molecule has 0 aliphatic heterocycles. The molecule has 0 radical (unpaired) electrons. The first-order valence-corrected chi connectivity index (χ1v) is 6.10. The van der Waals surface area contributed by atoms with Crippen molar-refractivity contribution >= 4 is 11.6 Å². The summed E-state index contributed by atoms with van der Waals surface area (Å²) in [7, 11) is 0. The van der Waals surface area contributed by atoms with Crippen molar-refractivity contribution in [3.8, 4) is 5.75 Å². The van der Waals surface area contributed by atoms with Crippen molar-refractivity contribution in [3.63, 3.8) is 0 Å². The van der Waals surface area contributed by atoms with Crippen LogP contribution in [0.15, 0.2) is 24.3 Å². The highest BCUT2D eigenvalue weighted by molar-refractivity contribution is 5.84. The molecule has 0 aliphatic carbocycles. The fourth-order valence-electron chi connectivity index (χ4n) is 1.51. The number of benzene rings is 1. The number of carbonyl (C=O) groups is 1. The number of amides is 1. The van der Waals surface area contributed by atoms with Gasteiger partial charge in [-0.3, -0.25) is 4.79 Å². The average Bonchev–Trinajstić information content (AvgIpc) is 2.25. The second-order valence-corrected chi connectivity index (χ2v) is 4.60. The number of ether oxygens (including phenoxy) is 1. The van der Waals surface area contributed by atoms with Crippen LogP contribution in [0.1, 0.15) is 20.8 Å². The van der Waals surface area contributed by atoms with Gasteiger partial charge in [0.2, 0.25) is 5.91 Å². The maximum atomic E-state index is 12.1. The van der Waals surface area contributed by atoms with E-state index in [-0.39, 0.29) is 17.7 Å². The first kappa shape index (κ1) is 16.1. The standard InChI is InChI=1S/C13H17F3N2O2/c1-8(2)17-12(19)9(3)18-10-5-4-6-11(7-10)20-13(14,15)16/h4-9,18H,1-3H3,(H,17,19). The van der Waals surface area contributed by atoms with Crippen molar-refractivity contribution in [1.29, 1.82) is 0 Å². The zero-order valence-corrected chi connectivity index (χ0v) is 11.4.